The van der Waals surface area contributed by atoms with Crippen molar-refractivity contribution in [3.05, 3.63) is 157 Å². The molecule has 9 rings (SSSR count). The highest BCUT2D eigenvalue weighted by atomic mass is 16.3. The van der Waals surface area contributed by atoms with E-state index in [9.17, 15) is 0 Å². The summed E-state index contributed by atoms with van der Waals surface area (Å²) >= 11 is 0. The Morgan fingerprint density at radius 2 is 1.11 bits per heavy atom. The summed E-state index contributed by atoms with van der Waals surface area (Å²) in [7, 11) is 0. The monoisotopic (exact) mass is 561 g/mol. The minimum atomic E-state index is 0.531. The van der Waals surface area contributed by atoms with Crippen LogP contribution in [-0.4, -0.2) is 0 Å². The molecule has 0 aliphatic carbocycles. The van der Waals surface area contributed by atoms with Gasteiger partial charge in [-0.2, -0.15) is 0 Å². The molecule has 0 atom stereocenters. The molecule has 8 aromatic carbocycles. The van der Waals surface area contributed by atoms with Crippen LogP contribution in [0, 0.1) is 6.92 Å². The van der Waals surface area contributed by atoms with Crippen molar-refractivity contribution in [2.75, 3.05) is 0 Å². The number of hydrogen-bond donors (Lipinski definition) is 0. The summed E-state index contributed by atoms with van der Waals surface area (Å²) in [4.78, 5) is 0. The second-order valence-corrected chi connectivity index (χ2v) is 11.6. The summed E-state index contributed by atoms with van der Waals surface area (Å²) in [6.07, 6.45) is 0. The molecule has 0 N–H and O–H groups in total. The summed E-state index contributed by atoms with van der Waals surface area (Å²) in [5, 5.41) is 9.43. The number of aryl methyl sites for hydroxylation is 1. The molecule has 0 saturated heterocycles. The fourth-order valence-electron chi connectivity index (χ4n) is 7.07. The van der Waals surface area contributed by atoms with Crippen molar-refractivity contribution >= 4 is 54.3 Å². The number of para-hydroxylation sites is 1. The quantitative estimate of drug-likeness (QED) is 0.196. The summed E-state index contributed by atoms with van der Waals surface area (Å²) < 4.78 is 14.3. The van der Waals surface area contributed by atoms with Gasteiger partial charge in [0, 0.05) is 10.8 Å². The van der Waals surface area contributed by atoms with Crippen LogP contribution >= 0.6 is 0 Å². The first kappa shape index (κ1) is 23.9. The van der Waals surface area contributed by atoms with Gasteiger partial charge in [0.15, 0.2) is 0 Å². The van der Waals surface area contributed by atoms with Gasteiger partial charge in [0.25, 0.3) is 0 Å². The molecule has 206 valence electrons. The first-order valence-corrected chi connectivity index (χ1v) is 15.1. The first-order chi connectivity index (χ1) is 22.1. The van der Waals surface area contributed by atoms with Gasteiger partial charge in [0.1, 0.15) is 11.2 Å². The van der Waals surface area contributed by atoms with Gasteiger partial charge in [-0.15, -0.1) is 0 Å². The van der Waals surface area contributed by atoms with Crippen LogP contribution in [-0.2, 0) is 0 Å². The fourth-order valence-corrected chi connectivity index (χ4v) is 7.07. The normalized spacial score (nSPS) is 12.1. The lowest BCUT2D eigenvalue weighted by molar-refractivity contribution is 0.666. The molecule has 1 heteroatoms. The van der Waals surface area contributed by atoms with Crippen LogP contribution in [0.25, 0.3) is 87.6 Å². The van der Waals surface area contributed by atoms with E-state index in [1.807, 2.05) is 18.2 Å². The van der Waals surface area contributed by atoms with Crippen molar-refractivity contribution in [3.63, 3.8) is 0 Å². The summed E-state index contributed by atoms with van der Waals surface area (Å²) in [5.41, 5.74) is 10.3. The summed E-state index contributed by atoms with van der Waals surface area (Å²) in [6, 6.07) is 52.4. The van der Waals surface area contributed by atoms with E-state index in [-0.39, 0.29) is 0 Å². The van der Waals surface area contributed by atoms with Gasteiger partial charge in [-0.3, -0.25) is 0 Å². The Hall–Kier alpha value is -5.66. The summed E-state index contributed by atoms with van der Waals surface area (Å²) in [5.74, 6) is 0. The third-order valence-corrected chi connectivity index (χ3v) is 9.11. The largest absolute Gasteiger partial charge is 0.456 e. The molecule has 1 aromatic heterocycles. The van der Waals surface area contributed by atoms with Crippen LogP contribution in [0.4, 0.5) is 0 Å². The lowest BCUT2D eigenvalue weighted by Crippen LogP contribution is -1.92. The van der Waals surface area contributed by atoms with E-state index >= 15 is 0 Å². The maximum atomic E-state index is 8.04. The Morgan fingerprint density at radius 3 is 1.89 bits per heavy atom. The second-order valence-electron chi connectivity index (χ2n) is 11.6. The van der Waals surface area contributed by atoms with Gasteiger partial charge >= 0.3 is 0 Å². The van der Waals surface area contributed by atoms with E-state index in [2.05, 4.69) is 134 Å². The predicted octanol–water partition coefficient (Wildman–Crippen LogP) is 12.4. The molecule has 0 radical (unpaired) electrons. The number of furan rings is 1. The van der Waals surface area contributed by atoms with Crippen molar-refractivity contribution in [3.8, 4) is 33.4 Å². The molecule has 1 nitrogen and oxygen atoms in total. The van der Waals surface area contributed by atoms with Gasteiger partial charge in [-0.25, -0.2) is 0 Å². The Bertz CT molecular complexity index is 2570. The molecule has 0 saturated carbocycles. The molecule has 0 aliphatic rings. The highest BCUT2D eigenvalue weighted by molar-refractivity contribution is 6.23. The Labute approximate surface area is 257 Å². The predicted molar refractivity (Wildman–Crippen MR) is 187 cm³/mol. The number of hydrogen-bond acceptors (Lipinski definition) is 1. The Morgan fingerprint density at radius 1 is 0.455 bits per heavy atom. The van der Waals surface area contributed by atoms with Crippen molar-refractivity contribution in [1.82, 2.24) is 0 Å². The van der Waals surface area contributed by atoms with Gasteiger partial charge in [-0.05, 0) is 96.4 Å². The molecule has 0 unspecified atom stereocenters. The van der Waals surface area contributed by atoms with Crippen molar-refractivity contribution in [2.45, 2.75) is 6.92 Å². The zero-order valence-corrected chi connectivity index (χ0v) is 24.3. The average molecular weight is 562 g/mol. The third-order valence-electron chi connectivity index (χ3n) is 9.11. The molecular weight excluding hydrogens is 532 g/mol. The lowest BCUT2D eigenvalue weighted by Gasteiger charge is -2.20. The zero-order chi connectivity index (χ0) is 30.1. The molecule has 0 spiro atoms. The lowest BCUT2D eigenvalue weighted by atomic mass is 9.83. The van der Waals surface area contributed by atoms with Gasteiger partial charge < -0.3 is 4.42 Å². The highest BCUT2D eigenvalue weighted by Gasteiger charge is 2.20. The Kier molecular flexibility index (Phi) is 5.25. The molecule has 0 amide bonds. The molecule has 0 aliphatic heterocycles. The molecule has 0 fully saturated rings. The van der Waals surface area contributed by atoms with E-state index in [0.29, 0.717) is 6.04 Å². The third kappa shape index (κ3) is 3.73. The van der Waals surface area contributed by atoms with Gasteiger partial charge in [-0.1, -0.05) is 133 Å². The topological polar surface area (TPSA) is 13.1 Å². The minimum absolute atomic E-state index is 0.531. The molecule has 44 heavy (non-hydrogen) atoms. The Balaban J connectivity index is 1.34. The highest BCUT2D eigenvalue weighted by Crippen LogP contribution is 2.47. The van der Waals surface area contributed by atoms with E-state index in [1.54, 1.807) is 0 Å². The number of benzene rings is 8. The van der Waals surface area contributed by atoms with Crippen molar-refractivity contribution in [2.24, 2.45) is 0 Å². The van der Waals surface area contributed by atoms with E-state index in [4.69, 9.17) is 5.79 Å². The van der Waals surface area contributed by atoms with E-state index in [0.717, 1.165) is 38.3 Å². The van der Waals surface area contributed by atoms with Crippen LogP contribution in [0.5, 0.6) is 0 Å². The van der Waals surface area contributed by atoms with Crippen LogP contribution < -0.4 is 0 Å². The fraction of sp³-hybridized carbons (Fsp3) is 0.0233. The van der Waals surface area contributed by atoms with Crippen LogP contribution in [0.1, 0.15) is 6.93 Å². The zero-order valence-electron chi connectivity index (χ0n) is 25.3. The maximum absolute atomic E-state index is 8.04. The number of rotatable bonds is 3. The second kappa shape index (κ2) is 9.69. The molecular formula is C43H28O. The minimum Gasteiger partial charge on any atom is -0.456 e. The average Bonchev–Trinajstić information content (AvgIpc) is 3.46. The molecule has 9 aromatic rings. The molecule has 0 bridgehead atoms. The van der Waals surface area contributed by atoms with Gasteiger partial charge in [0.2, 0.25) is 0 Å². The van der Waals surface area contributed by atoms with Crippen molar-refractivity contribution in [1.29, 1.82) is 0 Å². The van der Waals surface area contributed by atoms with E-state index in [1.165, 1.54) is 54.9 Å². The van der Waals surface area contributed by atoms with Gasteiger partial charge in [0.05, 0.1) is 1.37 Å². The summed E-state index contributed by atoms with van der Waals surface area (Å²) in [6.45, 7) is 2.11. The number of fused-ring (bicyclic) bond motifs is 6. The van der Waals surface area contributed by atoms with Crippen LogP contribution in [0.3, 0.4) is 0 Å². The van der Waals surface area contributed by atoms with Crippen LogP contribution in [0.15, 0.2) is 156 Å². The standard InChI is InChI=1S/C43H28O/c1-27-11-10-20-38-39-26-31(23-24-40(39)44-43(27)38)41-34-16-6-8-18-36(34)42(37-19-9-7-17-35(37)41)33-15-5-4-14-32(33)30-22-21-28-12-2-3-13-29(28)25-30/h2-26H,1H3/i2D. The van der Waals surface area contributed by atoms with Crippen LogP contribution in [0.2, 0.25) is 0 Å². The van der Waals surface area contributed by atoms with Crippen molar-refractivity contribution < 1.29 is 5.79 Å². The molecule has 1 heterocycles. The van der Waals surface area contributed by atoms with E-state index < -0.39 is 0 Å². The first-order valence-electron chi connectivity index (χ1n) is 15.6. The SMILES string of the molecule is [2H]c1ccc2cc(-c3ccccc3-c3c4ccccc4c(-c4ccc5oc6c(C)cccc6c5c4)c4ccccc34)ccc2c1. The smallest absolute Gasteiger partial charge is 0.138 e. The maximum Gasteiger partial charge on any atom is 0.138 e.